The van der Waals surface area contributed by atoms with Crippen molar-refractivity contribution in [2.45, 2.75) is 32.2 Å². The molecule has 0 amide bonds. The Labute approximate surface area is 123 Å². The molecule has 1 heterocycles. The Kier molecular flexibility index (Phi) is 4.84. The predicted molar refractivity (Wildman–Crippen MR) is 82.1 cm³/mol. The number of nitrogens with zero attached hydrogens (tertiary/aromatic N) is 2. The summed E-state index contributed by atoms with van der Waals surface area (Å²) in [5.74, 6) is 0.769. The lowest BCUT2D eigenvalue weighted by atomic mass is 9.88. The number of rotatable bonds is 3. The van der Waals surface area contributed by atoms with E-state index >= 15 is 0 Å². The Balaban J connectivity index is 2.28. The summed E-state index contributed by atoms with van der Waals surface area (Å²) in [5, 5.41) is 9.30. The smallest absolute Gasteiger partial charge is 0.101 e. The minimum atomic E-state index is 0.354. The van der Waals surface area contributed by atoms with Crippen molar-refractivity contribution in [1.82, 2.24) is 0 Å². The highest BCUT2D eigenvalue weighted by molar-refractivity contribution is 9.10. The summed E-state index contributed by atoms with van der Waals surface area (Å²) in [6.45, 7) is 3.89. The Morgan fingerprint density at radius 3 is 2.95 bits per heavy atom. The van der Waals surface area contributed by atoms with Gasteiger partial charge in [-0.2, -0.15) is 5.26 Å². The first-order valence-corrected chi connectivity index (χ1v) is 7.65. The molecule has 2 unspecified atom stereocenters. The standard InChI is InChI=1S/C15H20BrN3/c1-2-11-5-6-19(14(7-11)10-18)15-4-3-13(16)8-12(15)9-17/h3-4,8,11,14H,2,5-7,10,18H2,1H3. The minimum absolute atomic E-state index is 0.354. The molecular formula is C15H20BrN3. The van der Waals surface area contributed by atoms with Crippen molar-refractivity contribution < 1.29 is 0 Å². The van der Waals surface area contributed by atoms with Crippen molar-refractivity contribution in [3.63, 3.8) is 0 Å². The molecule has 1 saturated heterocycles. The normalized spacial score (nSPS) is 23.2. The molecule has 2 N–H and O–H groups in total. The van der Waals surface area contributed by atoms with Crippen molar-refractivity contribution in [3.8, 4) is 6.07 Å². The largest absolute Gasteiger partial charge is 0.366 e. The zero-order valence-corrected chi connectivity index (χ0v) is 12.9. The van der Waals surface area contributed by atoms with Gasteiger partial charge in [0.2, 0.25) is 0 Å². The molecule has 1 fully saturated rings. The fourth-order valence-corrected chi connectivity index (χ4v) is 3.25. The molecule has 2 rings (SSSR count). The molecule has 1 aliphatic rings. The number of hydrogen-bond acceptors (Lipinski definition) is 3. The maximum Gasteiger partial charge on any atom is 0.101 e. The molecule has 1 aromatic rings. The van der Waals surface area contributed by atoms with Gasteiger partial charge in [-0.1, -0.05) is 29.3 Å². The molecule has 0 aromatic heterocycles. The van der Waals surface area contributed by atoms with Gasteiger partial charge in [0.15, 0.2) is 0 Å². The first-order chi connectivity index (χ1) is 9.19. The molecule has 3 nitrogen and oxygen atoms in total. The molecule has 0 radical (unpaired) electrons. The van der Waals surface area contributed by atoms with Gasteiger partial charge in [0.05, 0.1) is 11.3 Å². The predicted octanol–water partition coefficient (Wildman–Crippen LogP) is 3.27. The summed E-state index contributed by atoms with van der Waals surface area (Å²) in [7, 11) is 0. The number of nitriles is 1. The van der Waals surface area contributed by atoms with Crippen LogP contribution >= 0.6 is 15.9 Å². The summed E-state index contributed by atoms with van der Waals surface area (Å²) in [6, 6.07) is 8.55. The molecule has 0 bridgehead atoms. The fourth-order valence-electron chi connectivity index (χ4n) is 2.89. The molecule has 1 aromatic carbocycles. The Morgan fingerprint density at radius 2 is 2.32 bits per heavy atom. The lowest BCUT2D eigenvalue weighted by molar-refractivity contribution is 0.336. The summed E-state index contributed by atoms with van der Waals surface area (Å²) in [4.78, 5) is 2.32. The molecule has 2 atom stereocenters. The Bertz CT molecular complexity index is 481. The van der Waals surface area contributed by atoms with Gasteiger partial charge in [-0.05, 0) is 37.0 Å². The zero-order valence-electron chi connectivity index (χ0n) is 11.3. The third kappa shape index (κ3) is 3.10. The number of nitrogens with two attached hydrogens (primary N) is 1. The second-order valence-corrected chi connectivity index (χ2v) is 6.07. The van der Waals surface area contributed by atoms with E-state index in [2.05, 4.69) is 33.8 Å². The van der Waals surface area contributed by atoms with E-state index in [1.807, 2.05) is 18.2 Å². The molecule has 19 heavy (non-hydrogen) atoms. The van der Waals surface area contributed by atoms with Crippen LogP contribution in [0.1, 0.15) is 31.7 Å². The quantitative estimate of drug-likeness (QED) is 0.929. The summed E-state index contributed by atoms with van der Waals surface area (Å²) in [5.41, 5.74) is 7.68. The van der Waals surface area contributed by atoms with Crippen LogP contribution < -0.4 is 10.6 Å². The van der Waals surface area contributed by atoms with E-state index in [1.54, 1.807) is 0 Å². The van der Waals surface area contributed by atoms with Crippen molar-refractivity contribution in [1.29, 1.82) is 5.26 Å². The molecule has 4 heteroatoms. The topological polar surface area (TPSA) is 53.0 Å². The third-order valence-electron chi connectivity index (χ3n) is 4.06. The number of piperidine rings is 1. The third-order valence-corrected chi connectivity index (χ3v) is 4.56. The summed E-state index contributed by atoms with van der Waals surface area (Å²) in [6.07, 6.45) is 3.54. The van der Waals surface area contributed by atoms with Crippen molar-refractivity contribution in [3.05, 3.63) is 28.2 Å². The fraction of sp³-hybridized carbons (Fsp3) is 0.533. The van der Waals surface area contributed by atoms with Crippen LogP contribution in [0.3, 0.4) is 0 Å². The van der Waals surface area contributed by atoms with Gasteiger partial charge in [0.25, 0.3) is 0 Å². The molecular weight excluding hydrogens is 302 g/mol. The Morgan fingerprint density at radius 1 is 1.53 bits per heavy atom. The molecule has 0 aliphatic carbocycles. The van der Waals surface area contributed by atoms with Crippen LogP contribution in [-0.4, -0.2) is 19.1 Å². The van der Waals surface area contributed by atoms with Gasteiger partial charge < -0.3 is 10.6 Å². The van der Waals surface area contributed by atoms with Crippen LogP contribution in [0.15, 0.2) is 22.7 Å². The second kappa shape index (κ2) is 6.40. The molecule has 0 saturated carbocycles. The van der Waals surface area contributed by atoms with Gasteiger partial charge in [-0.3, -0.25) is 0 Å². The van der Waals surface area contributed by atoms with Gasteiger partial charge >= 0.3 is 0 Å². The van der Waals surface area contributed by atoms with Gasteiger partial charge in [0, 0.05) is 23.6 Å². The van der Waals surface area contributed by atoms with E-state index in [0.717, 1.165) is 34.6 Å². The van der Waals surface area contributed by atoms with E-state index in [-0.39, 0.29) is 0 Å². The van der Waals surface area contributed by atoms with Crippen LogP contribution in [0.4, 0.5) is 5.69 Å². The minimum Gasteiger partial charge on any atom is -0.366 e. The van der Waals surface area contributed by atoms with E-state index in [0.29, 0.717) is 12.6 Å². The number of halogens is 1. The van der Waals surface area contributed by atoms with Gasteiger partial charge in [-0.15, -0.1) is 0 Å². The second-order valence-electron chi connectivity index (χ2n) is 5.15. The van der Waals surface area contributed by atoms with Crippen LogP contribution in [-0.2, 0) is 0 Å². The van der Waals surface area contributed by atoms with Crippen LogP contribution in [0.2, 0.25) is 0 Å². The van der Waals surface area contributed by atoms with Crippen molar-refractivity contribution in [2.75, 3.05) is 18.0 Å². The van der Waals surface area contributed by atoms with Crippen LogP contribution in [0.5, 0.6) is 0 Å². The van der Waals surface area contributed by atoms with E-state index in [4.69, 9.17) is 5.73 Å². The van der Waals surface area contributed by atoms with E-state index < -0.39 is 0 Å². The summed E-state index contributed by atoms with van der Waals surface area (Å²) < 4.78 is 0.945. The first-order valence-electron chi connectivity index (χ1n) is 6.86. The lowest BCUT2D eigenvalue weighted by Crippen LogP contribution is -2.47. The number of benzene rings is 1. The lowest BCUT2D eigenvalue weighted by Gasteiger charge is -2.40. The van der Waals surface area contributed by atoms with Gasteiger partial charge in [-0.25, -0.2) is 0 Å². The van der Waals surface area contributed by atoms with E-state index in [9.17, 15) is 5.26 Å². The van der Waals surface area contributed by atoms with Crippen molar-refractivity contribution in [2.24, 2.45) is 11.7 Å². The van der Waals surface area contributed by atoms with Crippen LogP contribution in [0, 0.1) is 17.2 Å². The molecule has 1 aliphatic heterocycles. The monoisotopic (exact) mass is 321 g/mol. The summed E-state index contributed by atoms with van der Waals surface area (Å²) >= 11 is 3.42. The average molecular weight is 322 g/mol. The highest BCUT2D eigenvalue weighted by Gasteiger charge is 2.28. The van der Waals surface area contributed by atoms with E-state index in [1.165, 1.54) is 12.8 Å². The maximum atomic E-state index is 9.30. The van der Waals surface area contributed by atoms with Crippen molar-refractivity contribution >= 4 is 21.6 Å². The molecule has 0 spiro atoms. The highest BCUT2D eigenvalue weighted by Crippen LogP contribution is 2.32. The first kappa shape index (κ1) is 14.4. The highest BCUT2D eigenvalue weighted by atomic mass is 79.9. The molecule has 102 valence electrons. The number of hydrogen-bond donors (Lipinski definition) is 1. The van der Waals surface area contributed by atoms with Gasteiger partial charge in [0.1, 0.15) is 6.07 Å². The number of anilines is 1. The SMILES string of the molecule is CCC1CCN(c2ccc(Br)cc2C#N)C(CN)C1. The maximum absolute atomic E-state index is 9.30. The van der Waals surface area contributed by atoms with Crippen LogP contribution in [0.25, 0.3) is 0 Å². The average Bonchev–Trinajstić information content (AvgIpc) is 2.46. The Hall–Kier alpha value is -1.05. The zero-order chi connectivity index (χ0) is 13.8.